The van der Waals surface area contributed by atoms with Gasteiger partial charge in [-0.3, -0.25) is 23.4 Å². The second-order valence-electron chi connectivity index (χ2n) is 20.8. The molecule has 0 saturated carbocycles. The van der Waals surface area contributed by atoms with Gasteiger partial charge in [0.05, 0.1) is 19.8 Å². The number of carbonyl (C=O) groups is 3. The zero-order chi connectivity index (χ0) is 58.3. The minimum atomic E-state index is -4.77. The third-order valence-corrected chi connectivity index (χ3v) is 14.1. The molecule has 0 aromatic heterocycles. The molecule has 458 valence electrons. The molecular formula is C68H115O11P. The van der Waals surface area contributed by atoms with E-state index in [0.29, 0.717) is 19.3 Å². The number of rotatable bonds is 58. The van der Waals surface area contributed by atoms with Crippen molar-refractivity contribution >= 4 is 25.7 Å². The predicted octanol–water partition coefficient (Wildman–Crippen LogP) is 19.4. The van der Waals surface area contributed by atoms with E-state index in [0.717, 1.165) is 122 Å². The van der Waals surface area contributed by atoms with Crippen molar-refractivity contribution in [1.82, 2.24) is 0 Å². The zero-order valence-corrected chi connectivity index (χ0v) is 51.7. The van der Waals surface area contributed by atoms with Crippen LogP contribution in [0, 0.1) is 0 Å². The summed E-state index contributed by atoms with van der Waals surface area (Å²) in [6.07, 6.45) is 74.7. The molecule has 0 aliphatic rings. The van der Waals surface area contributed by atoms with Crippen molar-refractivity contribution < 1.29 is 52.2 Å². The van der Waals surface area contributed by atoms with Crippen LogP contribution in [-0.2, 0) is 42.2 Å². The van der Waals surface area contributed by atoms with E-state index in [1.54, 1.807) is 0 Å². The standard InChI is InChI=1S/C68H115O11P/c1-4-7-10-13-16-19-22-25-28-31-32-35-38-41-44-47-50-53-56-59-68(72)79-65(61-75-66(70)57-54-51-48-45-42-39-36-33-29-26-23-20-17-14-11-8-5-2)63-77-80(73,74)76-62-64(60-69)78-67(71)58-55-52-49-46-43-40-37-34-30-27-24-21-18-15-12-9-6-3/h8-9,11-12,17-18,20-21,25-30,36-37,39-40,64-65,69H,4-7,10,13-16,19,22-24,31-35,38,41-63H2,1-3H3,(H,73,74)/b11-8-,12-9-,20-17-,21-18-,28-25-,29-26-,30-27-,39-36-,40-37-. The molecule has 80 heavy (non-hydrogen) atoms. The summed E-state index contributed by atoms with van der Waals surface area (Å²) in [4.78, 5) is 48.7. The fraction of sp³-hybridized carbons (Fsp3) is 0.691. The first-order valence-electron chi connectivity index (χ1n) is 31.8. The topological polar surface area (TPSA) is 155 Å². The van der Waals surface area contributed by atoms with Gasteiger partial charge in [-0.2, -0.15) is 0 Å². The second kappa shape index (κ2) is 61.2. The van der Waals surface area contributed by atoms with Gasteiger partial charge < -0.3 is 24.2 Å². The van der Waals surface area contributed by atoms with Crippen molar-refractivity contribution in [3.63, 3.8) is 0 Å². The van der Waals surface area contributed by atoms with E-state index < -0.39 is 57.8 Å². The van der Waals surface area contributed by atoms with E-state index in [1.807, 2.05) is 0 Å². The maximum absolute atomic E-state index is 13.0. The first kappa shape index (κ1) is 76.1. The summed E-state index contributed by atoms with van der Waals surface area (Å²) in [5.74, 6) is -1.52. The molecule has 0 aromatic rings. The summed E-state index contributed by atoms with van der Waals surface area (Å²) in [5.41, 5.74) is 0. The van der Waals surface area contributed by atoms with Crippen molar-refractivity contribution in [2.75, 3.05) is 26.4 Å². The molecule has 0 fully saturated rings. The van der Waals surface area contributed by atoms with Gasteiger partial charge in [0.25, 0.3) is 0 Å². The van der Waals surface area contributed by atoms with Gasteiger partial charge in [-0.15, -0.1) is 0 Å². The number of ether oxygens (including phenoxy) is 3. The predicted molar refractivity (Wildman–Crippen MR) is 334 cm³/mol. The van der Waals surface area contributed by atoms with Crippen molar-refractivity contribution in [3.8, 4) is 0 Å². The molecule has 0 amide bonds. The highest BCUT2D eigenvalue weighted by Crippen LogP contribution is 2.43. The third kappa shape index (κ3) is 58.8. The van der Waals surface area contributed by atoms with Crippen molar-refractivity contribution in [3.05, 3.63) is 109 Å². The van der Waals surface area contributed by atoms with Crippen LogP contribution in [0.15, 0.2) is 109 Å². The Morgan fingerprint density at radius 3 is 1.01 bits per heavy atom. The highest BCUT2D eigenvalue weighted by molar-refractivity contribution is 7.47. The van der Waals surface area contributed by atoms with Gasteiger partial charge in [-0.05, 0) is 122 Å². The van der Waals surface area contributed by atoms with E-state index >= 15 is 0 Å². The van der Waals surface area contributed by atoms with Crippen LogP contribution in [0.3, 0.4) is 0 Å². The molecule has 0 rings (SSSR count). The summed E-state index contributed by atoms with van der Waals surface area (Å²) >= 11 is 0. The number of esters is 3. The molecule has 12 heteroatoms. The molecule has 0 saturated heterocycles. The number of hydrogen-bond acceptors (Lipinski definition) is 10. The second-order valence-corrected chi connectivity index (χ2v) is 22.3. The van der Waals surface area contributed by atoms with Crippen LogP contribution in [0.25, 0.3) is 0 Å². The van der Waals surface area contributed by atoms with Gasteiger partial charge in [0.15, 0.2) is 6.10 Å². The fourth-order valence-corrected chi connectivity index (χ4v) is 9.18. The Morgan fingerprint density at radius 2 is 0.650 bits per heavy atom. The van der Waals surface area contributed by atoms with Gasteiger partial charge in [0.2, 0.25) is 0 Å². The number of aliphatic hydroxyl groups excluding tert-OH is 1. The highest BCUT2D eigenvalue weighted by Gasteiger charge is 2.28. The van der Waals surface area contributed by atoms with Gasteiger partial charge >= 0.3 is 25.7 Å². The fourth-order valence-electron chi connectivity index (χ4n) is 8.39. The zero-order valence-electron chi connectivity index (χ0n) is 50.8. The van der Waals surface area contributed by atoms with E-state index in [2.05, 4.69) is 130 Å². The molecule has 0 spiro atoms. The SMILES string of the molecule is CC/C=C\C/C=C\C/C=C\C/C=C\CCCCCCC(=O)OCC(COP(=O)(O)OCC(CO)OC(=O)CCCCCC/C=C\C/C=C\C/C=C\C/C=C\CC)OC(=O)CCCCCCCCCCC/C=C\CCCCCCCC. The van der Waals surface area contributed by atoms with Crippen molar-refractivity contribution in [2.24, 2.45) is 0 Å². The van der Waals surface area contributed by atoms with E-state index in [-0.39, 0.29) is 25.9 Å². The lowest BCUT2D eigenvalue weighted by molar-refractivity contribution is -0.161. The number of carbonyl (C=O) groups excluding carboxylic acids is 3. The lowest BCUT2D eigenvalue weighted by Gasteiger charge is -2.21. The molecule has 0 radical (unpaired) electrons. The third-order valence-electron chi connectivity index (χ3n) is 13.2. The molecular weight excluding hydrogens is 1020 g/mol. The maximum atomic E-state index is 13.0. The van der Waals surface area contributed by atoms with Crippen LogP contribution in [0.4, 0.5) is 0 Å². The Labute approximate surface area is 488 Å². The first-order chi connectivity index (χ1) is 39.2. The molecule has 0 heterocycles. The van der Waals surface area contributed by atoms with Crippen molar-refractivity contribution in [2.45, 2.75) is 277 Å². The minimum absolute atomic E-state index is 0.143. The Morgan fingerprint density at radius 1 is 0.362 bits per heavy atom. The van der Waals surface area contributed by atoms with Gasteiger partial charge in [-0.25, -0.2) is 4.57 Å². The monoisotopic (exact) mass is 1140 g/mol. The van der Waals surface area contributed by atoms with E-state index in [4.69, 9.17) is 23.3 Å². The van der Waals surface area contributed by atoms with Crippen molar-refractivity contribution in [1.29, 1.82) is 0 Å². The van der Waals surface area contributed by atoms with Gasteiger partial charge in [-0.1, -0.05) is 233 Å². The lowest BCUT2D eigenvalue weighted by Crippen LogP contribution is -2.30. The molecule has 3 atom stereocenters. The van der Waals surface area contributed by atoms with Gasteiger partial charge in [0, 0.05) is 19.3 Å². The number of aliphatic hydroxyl groups is 1. The van der Waals surface area contributed by atoms with E-state index in [9.17, 15) is 28.9 Å². The quantitative estimate of drug-likeness (QED) is 0.0197. The summed E-state index contributed by atoms with van der Waals surface area (Å²) in [5, 5.41) is 9.85. The average molecular weight is 1140 g/mol. The molecule has 11 nitrogen and oxygen atoms in total. The van der Waals surface area contributed by atoms with Crippen LogP contribution in [0.2, 0.25) is 0 Å². The summed E-state index contributed by atoms with van der Waals surface area (Å²) in [7, 11) is -4.77. The number of phosphoric acid groups is 1. The number of unbranched alkanes of at least 4 members (excludes halogenated alkanes) is 23. The molecule has 3 unspecified atom stereocenters. The highest BCUT2D eigenvalue weighted by atomic mass is 31.2. The average Bonchev–Trinajstić information content (AvgIpc) is 3.45. The summed E-state index contributed by atoms with van der Waals surface area (Å²) < 4.78 is 39.6. The van der Waals surface area contributed by atoms with Crippen LogP contribution < -0.4 is 0 Å². The Kier molecular flexibility index (Phi) is 58.3. The minimum Gasteiger partial charge on any atom is -0.462 e. The molecule has 0 aliphatic heterocycles. The number of hydrogen-bond donors (Lipinski definition) is 2. The van der Waals surface area contributed by atoms with Gasteiger partial charge in [0.1, 0.15) is 12.7 Å². The molecule has 0 bridgehead atoms. The molecule has 2 N–H and O–H groups in total. The Hall–Kier alpha value is -3.86. The van der Waals surface area contributed by atoms with Crippen LogP contribution >= 0.6 is 7.82 Å². The largest absolute Gasteiger partial charge is 0.472 e. The van der Waals surface area contributed by atoms with Crippen LogP contribution in [0.5, 0.6) is 0 Å². The first-order valence-corrected chi connectivity index (χ1v) is 33.3. The molecule has 0 aromatic carbocycles. The normalized spacial score (nSPS) is 14.0. The van der Waals surface area contributed by atoms with E-state index in [1.165, 1.54) is 83.5 Å². The smallest absolute Gasteiger partial charge is 0.462 e. The Bertz CT molecular complexity index is 1760. The maximum Gasteiger partial charge on any atom is 0.472 e. The lowest BCUT2D eigenvalue weighted by atomic mass is 10.1. The number of allylic oxidation sites excluding steroid dienone is 18. The number of phosphoric ester groups is 1. The summed E-state index contributed by atoms with van der Waals surface area (Å²) in [6.45, 7) is 4.38. The summed E-state index contributed by atoms with van der Waals surface area (Å²) in [6, 6.07) is 0. The molecule has 0 aliphatic carbocycles. The van der Waals surface area contributed by atoms with Crippen LogP contribution in [0.1, 0.15) is 265 Å². The Balaban J connectivity index is 4.77. The van der Waals surface area contributed by atoms with Crippen LogP contribution in [-0.4, -0.2) is 66.5 Å².